The lowest BCUT2D eigenvalue weighted by Crippen LogP contribution is -2.43. The van der Waals surface area contributed by atoms with E-state index < -0.39 is 11.9 Å². The summed E-state index contributed by atoms with van der Waals surface area (Å²) in [5.41, 5.74) is 0. The van der Waals surface area contributed by atoms with Crippen molar-refractivity contribution in [2.75, 3.05) is 0 Å². The zero-order valence-corrected chi connectivity index (χ0v) is 9.89. The molecule has 94 valence electrons. The van der Waals surface area contributed by atoms with E-state index in [9.17, 15) is 14.4 Å². The third-order valence-corrected chi connectivity index (χ3v) is 3.77. The molecule has 1 aliphatic heterocycles. The minimum Gasteiger partial charge on any atom is -0.481 e. The van der Waals surface area contributed by atoms with E-state index in [1.54, 1.807) is 6.92 Å². The molecule has 17 heavy (non-hydrogen) atoms. The van der Waals surface area contributed by atoms with Crippen LogP contribution in [0.2, 0.25) is 0 Å². The molecule has 0 radical (unpaired) electrons. The number of aliphatic carboxylic acids is 1. The first-order chi connectivity index (χ1) is 8.00. The Kier molecular flexibility index (Phi) is 3.17. The molecule has 3 unspecified atom stereocenters. The summed E-state index contributed by atoms with van der Waals surface area (Å²) in [6, 6.07) is -0.199. The predicted octanol–water partition coefficient (Wildman–Crippen LogP) is 1.02. The number of carbonyl (C=O) groups is 3. The van der Waals surface area contributed by atoms with Crippen molar-refractivity contribution in [1.29, 1.82) is 0 Å². The number of imide groups is 1. The Hall–Kier alpha value is -1.39. The van der Waals surface area contributed by atoms with E-state index >= 15 is 0 Å². The van der Waals surface area contributed by atoms with Crippen molar-refractivity contribution >= 4 is 17.8 Å². The van der Waals surface area contributed by atoms with Gasteiger partial charge in [-0.15, -0.1) is 0 Å². The largest absolute Gasteiger partial charge is 0.481 e. The SMILES string of the molecule is CC1CC(=O)N(C2CCCC(C(=O)O)C2)C1=O. The molecule has 1 N–H and O–H groups in total. The van der Waals surface area contributed by atoms with E-state index in [0.717, 1.165) is 12.8 Å². The number of hydrogen-bond donors (Lipinski definition) is 1. The summed E-state index contributed by atoms with van der Waals surface area (Å²) in [4.78, 5) is 35.9. The summed E-state index contributed by atoms with van der Waals surface area (Å²) < 4.78 is 0. The lowest BCUT2D eigenvalue weighted by atomic mass is 9.85. The van der Waals surface area contributed by atoms with Gasteiger partial charge in [-0.2, -0.15) is 0 Å². The molecule has 0 aromatic carbocycles. The van der Waals surface area contributed by atoms with Crippen LogP contribution in [0.1, 0.15) is 39.0 Å². The van der Waals surface area contributed by atoms with E-state index in [0.29, 0.717) is 12.8 Å². The van der Waals surface area contributed by atoms with Crippen LogP contribution in [0, 0.1) is 11.8 Å². The maximum atomic E-state index is 11.8. The molecule has 3 atom stereocenters. The van der Waals surface area contributed by atoms with Crippen molar-refractivity contribution < 1.29 is 19.5 Å². The van der Waals surface area contributed by atoms with Crippen LogP contribution >= 0.6 is 0 Å². The average Bonchev–Trinajstić information content (AvgIpc) is 2.53. The van der Waals surface area contributed by atoms with Crippen LogP contribution in [0.5, 0.6) is 0 Å². The lowest BCUT2D eigenvalue weighted by molar-refractivity contribution is -0.149. The first-order valence-electron chi connectivity index (χ1n) is 6.09. The molecule has 1 saturated heterocycles. The molecule has 1 aliphatic carbocycles. The molecule has 0 aromatic heterocycles. The molecule has 0 aromatic rings. The standard InChI is InChI=1S/C12H17NO4/c1-7-5-10(14)13(11(7)15)9-4-2-3-8(6-9)12(16)17/h7-9H,2-6H2,1H3,(H,16,17). The van der Waals surface area contributed by atoms with Crippen molar-refractivity contribution in [3.63, 3.8) is 0 Å². The Balaban J connectivity index is 2.09. The normalized spacial score (nSPS) is 34.2. The summed E-state index contributed by atoms with van der Waals surface area (Å²) in [7, 11) is 0. The molecule has 2 aliphatic rings. The Morgan fingerprint density at radius 1 is 1.35 bits per heavy atom. The number of amides is 2. The number of rotatable bonds is 2. The van der Waals surface area contributed by atoms with Crippen molar-refractivity contribution in [2.24, 2.45) is 11.8 Å². The molecule has 0 spiro atoms. The molecular weight excluding hydrogens is 222 g/mol. The fourth-order valence-electron chi connectivity index (χ4n) is 2.81. The first-order valence-corrected chi connectivity index (χ1v) is 6.09. The van der Waals surface area contributed by atoms with Gasteiger partial charge >= 0.3 is 5.97 Å². The van der Waals surface area contributed by atoms with Gasteiger partial charge in [0.05, 0.1) is 5.92 Å². The smallest absolute Gasteiger partial charge is 0.306 e. The van der Waals surface area contributed by atoms with Crippen LogP contribution in [-0.4, -0.2) is 33.8 Å². The van der Waals surface area contributed by atoms with Gasteiger partial charge in [0, 0.05) is 18.4 Å². The minimum absolute atomic E-state index is 0.133. The topological polar surface area (TPSA) is 74.7 Å². The zero-order chi connectivity index (χ0) is 12.6. The van der Waals surface area contributed by atoms with Gasteiger partial charge in [0.2, 0.25) is 11.8 Å². The van der Waals surface area contributed by atoms with E-state index in [4.69, 9.17) is 5.11 Å². The van der Waals surface area contributed by atoms with Crippen LogP contribution in [0.25, 0.3) is 0 Å². The van der Waals surface area contributed by atoms with Crippen molar-refractivity contribution in [2.45, 2.75) is 45.1 Å². The summed E-state index contributed by atoms with van der Waals surface area (Å²) in [5.74, 6) is -1.75. The quantitative estimate of drug-likeness (QED) is 0.730. The number of carboxylic acid groups (broad SMARTS) is 1. The third kappa shape index (κ3) is 2.18. The molecule has 0 bridgehead atoms. The van der Waals surface area contributed by atoms with Gasteiger partial charge in [0.15, 0.2) is 0 Å². The van der Waals surface area contributed by atoms with Gasteiger partial charge in [0.25, 0.3) is 0 Å². The first kappa shape index (κ1) is 12.1. The van der Waals surface area contributed by atoms with Gasteiger partial charge in [-0.05, 0) is 19.3 Å². The highest BCUT2D eigenvalue weighted by Gasteiger charge is 2.42. The second-order valence-corrected chi connectivity index (χ2v) is 5.06. The second kappa shape index (κ2) is 4.47. The molecule has 2 amide bonds. The highest BCUT2D eigenvalue weighted by molar-refractivity contribution is 6.03. The predicted molar refractivity (Wildman–Crippen MR) is 59.0 cm³/mol. The molecule has 1 heterocycles. The van der Waals surface area contributed by atoms with Crippen LogP contribution in [-0.2, 0) is 14.4 Å². The van der Waals surface area contributed by atoms with Gasteiger partial charge in [-0.3, -0.25) is 19.3 Å². The average molecular weight is 239 g/mol. The molecular formula is C12H17NO4. The maximum Gasteiger partial charge on any atom is 0.306 e. The molecule has 2 rings (SSSR count). The monoisotopic (exact) mass is 239 g/mol. The van der Waals surface area contributed by atoms with E-state index in [1.807, 2.05) is 0 Å². The Morgan fingerprint density at radius 3 is 2.59 bits per heavy atom. The summed E-state index contributed by atoms with van der Waals surface area (Å²) in [6.45, 7) is 1.75. The summed E-state index contributed by atoms with van der Waals surface area (Å²) in [6.07, 6.45) is 2.85. The van der Waals surface area contributed by atoms with E-state index in [-0.39, 0.29) is 30.2 Å². The number of hydrogen-bond acceptors (Lipinski definition) is 3. The van der Waals surface area contributed by atoms with E-state index in [1.165, 1.54) is 4.90 Å². The number of carbonyl (C=O) groups excluding carboxylic acids is 2. The number of nitrogens with zero attached hydrogens (tertiary/aromatic N) is 1. The van der Waals surface area contributed by atoms with Crippen LogP contribution < -0.4 is 0 Å². The lowest BCUT2D eigenvalue weighted by Gasteiger charge is -2.32. The van der Waals surface area contributed by atoms with Crippen molar-refractivity contribution in [1.82, 2.24) is 4.90 Å². The summed E-state index contributed by atoms with van der Waals surface area (Å²) >= 11 is 0. The maximum absolute atomic E-state index is 11.8. The minimum atomic E-state index is -0.818. The second-order valence-electron chi connectivity index (χ2n) is 5.06. The highest BCUT2D eigenvalue weighted by atomic mass is 16.4. The zero-order valence-electron chi connectivity index (χ0n) is 9.89. The molecule has 5 heteroatoms. The van der Waals surface area contributed by atoms with Crippen LogP contribution in [0.3, 0.4) is 0 Å². The Morgan fingerprint density at radius 2 is 2.06 bits per heavy atom. The molecule has 2 fully saturated rings. The van der Waals surface area contributed by atoms with Gasteiger partial charge in [-0.25, -0.2) is 0 Å². The number of likely N-dealkylation sites (tertiary alicyclic amines) is 1. The Bertz CT molecular complexity index is 366. The van der Waals surface area contributed by atoms with Gasteiger partial charge in [-0.1, -0.05) is 13.3 Å². The van der Waals surface area contributed by atoms with Gasteiger partial charge in [0.1, 0.15) is 0 Å². The van der Waals surface area contributed by atoms with E-state index in [2.05, 4.69) is 0 Å². The Labute approximate surface area is 99.8 Å². The number of carboxylic acids is 1. The summed E-state index contributed by atoms with van der Waals surface area (Å²) in [5, 5.41) is 8.99. The van der Waals surface area contributed by atoms with Crippen molar-refractivity contribution in [3.8, 4) is 0 Å². The highest BCUT2D eigenvalue weighted by Crippen LogP contribution is 2.32. The van der Waals surface area contributed by atoms with Crippen molar-refractivity contribution in [3.05, 3.63) is 0 Å². The van der Waals surface area contributed by atoms with Crippen LogP contribution in [0.15, 0.2) is 0 Å². The fraction of sp³-hybridized carbons (Fsp3) is 0.750. The van der Waals surface area contributed by atoms with Crippen LogP contribution in [0.4, 0.5) is 0 Å². The molecule has 1 saturated carbocycles. The van der Waals surface area contributed by atoms with Gasteiger partial charge < -0.3 is 5.11 Å². The third-order valence-electron chi connectivity index (χ3n) is 3.77. The molecule has 5 nitrogen and oxygen atoms in total. The fourth-order valence-corrected chi connectivity index (χ4v) is 2.81.